The number of fused-ring (bicyclic) bond motifs is 3. The Labute approximate surface area is 138 Å². The summed E-state index contributed by atoms with van der Waals surface area (Å²) in [7, 11) is 1.98. The summed E-state index contributed by atoms with van der Waals surface area (Å²) in [6.45, 7) is 0. The molecule has 1 N–H and O–H groups in total. The normalized spacial score (nSPS) is 18.8. The van der Waals surface area contributed by atoms with Crippen LogP contribution in [0.15, 0.2) is 18.2 Å². The molecule has 0 aliphatic heterocycles. The summed E-state index contributed by atoms with van der Waals surface area (Å²) in [4.78, 5) is 18.4. The predicted molar refractivity (Wildman–Crippen MR) is 93.9 cm³/mol. The number of H-pyrrole nitrogens is 1. The molecule has 3 nitrogen and oxygen atoms in total. The number of aromatic amines is 1. The van der Waals surface area contributed by atoms with Crippen molar-refractivity contribution in [2.75, 3.05) is 7.05 Å². The molecule has 1 amide bonds. The third-order valence-corrected chi connectivity index (χ3v) is 5.79. The number of hydrogen-bond donors (Lipinski definition) is 1. The molecule has 1 fully saturated rings. The Balaban J connectivity index is 1.64. The van der Waals surface area contributed by atoms with E-state index in [9.17, 15) is 4.79 Å². The van der Waals surface area contributed by atoms with Gasteiger partial charge in [-0.3, -0.25) is 4.79 Å². The highest BCUT2D eigenvalue weighted by atomic mass is 16.2. The van der Waals surface area contributed by atoms with Crippen LogP contribution in [0.3, 0.4) is 0 Å². The van der Waals surface area contributed by atoms with E-state index >= 15 is 0 Å². The van der Waals surface area contributed by atoms with Crippen molar-refractivity contribution in [3.05, 3.63) is 35.0 Å². The van der Waals surface area contributed by atoms with Gasteiger partial charge in [-0.1, -0.05) is 19.3 Å². The molecule has 0 saturated heterocycles. The molecule has 2 aliphatic rings. The Morgan fingerprint density at radius 2 is 1.87 bits per heavy atom. The van der Waals surface area contributed by atoms with E-state index in [0.717, 1.165) is 31.2 Å². The number of nitrogens with one attached hydrogen (secondary N) is 1. The molecule has 4 rings (SSSR count). The summed E-state index contributed by atoms with van der Waals surface area (Å²) in [5.74, 6) is 0.185. The van der Waals surface area contributed by atoms with Crippen LogP contribution in [-0.4, -0.2) is 28.9 Å². The lowest BCUT2D eigenvalue weighted by Gasteiger charge is -2.31. The van der Waals surface area contributed by atoms with Crippen LogP contribution in [0.4, 0.5) is 0 Å². The van der Waals surface area contributed by atoms with Crippen molar-refractivity contribution in [1.29, 1.82) is 0 Å². The molecule has 0 bridgehead atoms. The number of hydrogen-bond acceptors (Lipinski definition) is 1. The summed E-state index contributed by atoms with van der Waals surface area (Å²) >= 11 is 0. The van der Waals surface area contributed by atoms with Gasteiger partial charge in [0.1, 0.15) is 0 Å². The minimum absolute atomic E-state index is 0.185. The van der Waals surface area contributed by atoms with Crippen LogP contribution < -0.4 is 0 Å². The van der Waals surface area contributed by atoms with Crippen molar-refractivity contribution in [1.82, 2.24) is 9.88 Å². The second-order valence-corrected chi connectivity index (χ2v) is 7.26. The van der Waals surface area contributed by atoms with Gasteiger partial charge in [0.2, 0.25) is 0 Å². The van der Waals surface area contributed by atoms with Gasteiger partial charge in [-0.05, 0) is 62.3 Å². The number of aromatic nitrogens is 1. The molecule has 0 atom stereocenters. The number of benzene rings is 1. The van der Waals surface area contributed by atoms with Crippen LogP contribution in [0.25, 0.3) is 10.9 Å². The first-order chi connectivity index (χ1) is 11.2. The second kappa shape index (κ2) is 6.03. The monoisotopic (exact) mass is 310 g/mol. The molecule has 2 aliphatic carbocycles. The van der Waals surface area contributed by atoms with Gasteiger partial charge in [-0.2, -0.15) is 0 Å². The van der Waals surface area contributed by atoms with E-state index in [0.29, 0.717) is 6.04 Å². The molecular weight excluding hydrogens is 284 g/mol. The first kappa shape index (κ1) is 14.8. The standard InChI is InChI=1S/C20H26N2O/c1-22(15-7-3-2-4-8-15)20(23)14-11-12-19-17(13-14)16-9-5-6-10-18(16)21-19/h11-13,15,21H,2-10H2,1H3. The van der Waals surface area contributed by atoms with E-state index in [1.807, 2.05) is 18.0 Å². The fourth-order valence-corrected chi connectivity index (χ4v) is 4.38. The topological polar surface area (TPSA) is 36.1 Å². The lowest BCUT2D eigenvalue weighted by molar-refractivity contribution is 0.0696. The fraction of sp³-hybridized carbons (Fsp3) is 0.550. The van der Waals surface area contributed by atoms with Crippen LogP contribution >= 0.6 is 0 Å². The summed E-state index contributed by atoms with van der Waals surface area (Å²) in [5.41, 5.74) is 4.87. The van der Waals surface area contributed by atoms with Crippen molar-refractivity contribution in [2.45, 2.75) is 63.8 Å². The average molecular weight is 310 g/mol. The number of rotatable bonds is 2. The largest absolute Gasteiger partial charge is 0.358 e. The van der Waals surface area contributed by atoms with Crippen LogP contribution in [-0.2, 0) is 12.8 Å². The maximum Gasteiger partial charge on any atom is 0.253 e. The Kier molecular flexibility index (Phi) is 3.88. The molecule has 0 unspecified atom stereocenters. The van der Waals surface area contributed by atoms with Crippen molar-refractivity contribution in [2.24, 2.45) is 0 Å². The van der Waals surface area contributed by atoms with Gasteiger partial charge in [0.25, 0.3) is 5.91 Å². The molecule has 3 heteroatoms. The maximum absolute atomic E-state index is 12.9. The number of carbonyl (C=O) groups is 1. The van der Waals surface area contributed by atoms with E-state index < -0.39 is 0 Å². The Morgan fingerprint density at radius 3 is 2.70 bits per heavy atom. The molecule has 0 spiro atoms. The van der Waals surface area contributed by atoms with Crippen LogP contribution in [0.1, 0.15) is 66.6 Å². The number of carbonyl (C=O) groups excluding carboxylic acids is 1. The second-order valence-electron chi connectivity index (χ2n) is 7.26. The fourth-order valence-electron chi connectivity index (χ4n) is 4.38. The molecule has 1 aromatic heterocycles. The highest BCUT2D eigenvalue weighted by Gasteiger charge is 2.24. The van der Waals surface area contributed by atoms with Crippen molar-refractivity contribution in [3.63, 3.8) is 0 Å². The number of amides is 1. The summed E-state index contributed by atoms with van der Waals surface area (Å²) in [6, 6.07) is 6.63. The minimum atomic E-state index is 0.185. The molecule has 1 heterocycles. The molecule has 0 radical (unpaired) electrons. The van der Waals surface area contributed by atoms with E-state index in [1.54, 1.807) is 0 Å². The first-order valence-corrected chi connectivity index (χ1v) is 9.14. The van der Waals surface area contributed by atoms with Crippen molar-refractivity contribution < 1.29 is 4.79 Å². The third kappa shape index (κ3) is 2.66. The molecule has 1 aromatic carbocycles. The SMILES string of the molecule is CN(C(=O)c1ccc2[nH]c3c(c2c1)CCCC3)C1CCCCC1. The highest BCUT2D eigenvalue weighted by molar-refractivity contribution is 5.99. The molecular formula is C20H26N2O. The molecule has 122 valence electrons. The molecule has 2 aromatic rings. The van der Waals surface area contributed by atoms with E-state index in [4.69, 9.17) is 0 Å². The number of aryl methyl sites for hydroxylation is 2. The minimum Gasteiger partial charge on any atom is -0.358 e. The predicted octanol–water partition coefficient (Wildman–Crippen LogP) is 4.45. The number of nitrogens with zero attached hydrogens (tertiary/aromatic N) is 1. The van der Waals surface area contributed by atoms with Gasteiger partial charge in [0, 0.05) is 35.2 Å². The van der Waals surface area contributed by atoms with Gasteiger partial charge in [0.15, 0.2) is 0 Å². The zero-order valence-electron chi connectivity index (χ0n) is 14.0. The van der Waals surface area contributed by atoms with E-state index in [-0.39, 0.29) is 5.91 Å². The van der Waals surface area contributed by atoms with Crippen LogP contribution in [0.2, 0.25) is 0 Å². The zero-order chi connectivity index (χ0) is 15.8. The highest BCUT2D eigenvalue weighted by Crippen LogP contribution is 2.30. The Morgan fingerprint density at radius 1 is 1.09 bits per heavy atom. The summed E-state index contributed by atoms with van der Waals surface area (Å²) < 4.78 is 0. The third-order valence-electron chi connectivity index (χ3n) is 5.79. The summed E-state index contributed by atoms with van der Waals surface area (Å²) in [5, 5.41) is 1.27. The lowest BCUT2D eigenvalue weighted by atomic mass is 9.93. The van der Waals surface area contributed by atoms with Gasteiger partial charge in [-0.15, -0.1) is 0 Å². The van der Waals surface area contributed by atoms with Gasteiger partial charge >= 0.3 is 0 Å². The van der Waals surface area contributed by atoms with Crippen molar-refractivity contribution in [3.8, 4) is 0 Å². The Hall–Kier alpha value is -1.77. The first-order valence-electron chi connectivity index (χ1n) is 9.14. The zero-order valence-corrected chi connectivity index (χ0v) is 14.0. The van der Waals surface area contributed by atoms with Gasteiger partial charge < -0.3 is 9.88 Å². The summed E-state index contributed by atoms with van der Waals surface area (Å²) in [6.07, 6.45) is 11.0. The van der Waals surface area contributed by atoms with E-state index in [1.165, 1.54) is 54.3 Å². The lowest BCUT2D eigenvalue weighted by Crippen LogP contribution is -2.38. The maximum atomic E-state index is 12.9. The molecule has 23 heavy (non-hydrogen) atoms. The van der Waals surface area contributed by atoms with Gasteiger partial charge in [-0.25, -0.2) is 0 Å². The van der Waals surface area contributed by atoms with Crippen LogP contribution in [0.5, 0.6) is 0 Å². The van der Waals surface area contributed by atoms with Crippen LogP contribution in [0, 0.1) is 0 Å². The van der Waals surface area contributed by atoms with Crippen molar-refractivity contribution >= 4 is 16.8 Å². The quantitative estimate of drug-likeness (QED) is 0.874. The Bertz CT molecular complexity index is 725. The molecule has 1 saturated carbocycles. The smallest absolute Gasteiger partial charge is 0.253 e. The van der Waals surface area contributed by atoms with E-state index in [2.05, 4.69) is 17.1 Å². The van der Waals surface area contributed by atoms with Gasteiger partial charge in [0.05, 0.1) is 0 Å². The average Bonchev–Trinajstić information content (AvgIpc) is 2.99.